The van der Waals surface area contributed by atoms with Gasteiger partial charge in [-0.05, 0) is 26.2 Å². The molecule has 0 aromatic heterocycles. The van der Waals surface area contributed by atoms with E-state index in [4.69, 9.17) is 5.26 Å². The molecule has 0 radical (unpaired) electrons. The Kier molecular flexibility index (Phi) is 8.13. The van der Waals surface area contributed by atoms with Crippen LogP contribution >= 0.6 is 0 Å². The second kappa shape index (κ2) is 8.97. The molecule has 0 amide bonds. The van der Waals surface area contributed by atoms with Gasteiger partial charge in [0.2, 0.25) is 0 Å². The standard InChI is InChI=1S/C10H15N/c1-2-3-4-5-6-7-8-9-10-11/h2-3,7-8H,4-6,9H2,1H3. The topological polar surface area (TPSA) is 23.8 Å². The van der Waals surface area contributed by atoms with Gasteiger partial charge in [-0.3, -0.25) is 0 Å². The smallest absolute Gasteiger partial charge is 0.0663 e. The van der Waals surface area contributed by atoms with Gasteiger partial charge < -0.3 is 0 Å². The first-order valence-electron chi connectivity index (χ1n) is 4.05. The van der Waals surface area contributed by atoms with E-state index in [1.165, 1.54) is 6.42 Å². The van der Waals surface area contributed by atoms with Crippen LogP contribution in [0.15, 0.2) is 24.3 Å². The van der Waals surface area contributed by atoms with Crippen LogP contribution < -0.4 is 0 Å². The van der Waals surface area contributed by atoms with Crippen LogP contribution in [0, 0.1) is 11.3 Å². The number of allylic oxidation sites excluding steroid dienone is 4. The van der Waals surface area contributed by atoms with Crippen molar-refractivity contribution in [2.24, 2.45) is 0 Å². The number of rotatable bonds is 5. The molecule has 0 heterocycles. The Morgan fingerprint density at radius 1 is 1.18 bits per heavy atom. The van der Waals surface area contributed by atoms with Gasteiger partial charge in [-0.15, -0.1) is 0 Å². The lowest BCUT2D eigenvalue weighted by Gasteiger charge is -1.87. The van der Waals surface area contributed by atoms with Crippen molar-refractivity contribution in [3.63, 3.8) is 0 Å². The third-order valence-corrected chi connectivity index (χ3v) is 1.35. The molecule has 0 rings (SSSR count). The Balaban J connectivity index is 3.08. The molecule has 1 heteroatoms. The summed E-state index contributed by atoms with van der Waals surface area (Å²) >= 11 is 0. The minimum atomic E-state index is 0.545. The van der Waals surface area contributed by atoms with E-state index in [9.17, 15) is 0 Å². The van der Waals surface area contributed by atoms with Gasteiger partial charge in [-0.2, -0.15) is 5.26 Å². The van der Waals surface area contributed by atoms with E-state index < -0.39 is 0 Å². The molecule has 0 atom stereocenters. The fourth-order valence-electron chi connectivity index (χ4n) is 0.774. The van der Waals surface area contributed by atoms with Crippen LogP contribution in [-0.2, 0) is 0 Å². The molecule has 0 saturated carbocycles. The molecule has 0 aliphatic carbocycles. The zero-order valence-corrected chi connectivity index (χ0v) is 7.09. The average Bonchev–Trinajstić information content (AvgIpc) is 2.03. The minimum absolute atomic E-state index is 0.545. The molecule has 0 aliphatic rings. The summed E-state index contributed by atoms with van der Waals surface area (Å²) in [7, 11) is 0. The lowest BCUT2D eigenvalue weighted by molar-refractivity contribution is 0.865. The largest absolute Gasteiger partial charge is 0.198 e. The van der Waals surface area contributed by atoms with E-state index in [2.05, 4.69) is 24.3 Å². The van der Waals surface area contributed by atoms with Gasteiger partial charge in [0.05, 0.1) is 12.5 Å². The van der Waals surface area contributed by atoms with Gasteiger partial charge in [-0.25, -0.2) is 0 Å². The summed E-state index contributed by atoms with van der Waals surface area (Å²) in [5, 5.41) is 8.19. The van der Waals surface area contributed by atoms with Crippen molar-refractivity contribution in [3.05, 3.63) is 24.3 Å². The van der Waals surface area contributed by atoms with Crippen LogP contribution in [0.3, 0.4) is 0 Å². The Hall–Kier alpha value is -1.03. The Labute approximate surface area is 69.0 Å². The molecule has 0 aromatic carbocycles. The minimum Gasteiger partial charge on any atom is -0.198 e. The van der Waals surface area contributed by atoms with Gasteiger partial charge in [0, 0.05) is 0 Å². The van der Waals surface area contributed by atoms with Gasteiger partial charge >= 0.3 is 0 Å². The number of unbranched alkanes of at least 4 members (excludes halogenated alkanes) is 2. The lowest BCUT2D eigenvalue weighted by atomic mass is 10.2. The molecule has 60 valence electrons. The summed E-state index contributed by atoms with van der Waals surface area (Å²) in [5.74, 6) is 0. The summed E-state index contributed by atoms with van der Waals surface area (Å²) in [6, 6.07) is 2.07. The molecular formula is C10H15N. The zero-order valence-electron chi connectivity index (χ0n) is 7.09. The molecule has 0 saturated heterocycles. The van der Waals surface area contributed by atoms with E-state index >= 15 is 0 Å². The maximum atomic E-state index is 8.19. The normalized spacial score (nSPS) is 10.9. The van der Waals surface area contributed by atoms with Crippen LogP contribution in [0.5, 0.6) is 0 Å². The van der Waals surface area contributed by atoms with Crippen LogP contribution in [-0.4, -0.2) is 0 Å². The average molecular weight is 149 g/mol. The summed E-state index contributed by atoms with van der Waals surface area (Å²) < 4.78 is 0. The van der Waals surface area contributed by atoms with E-state index in [0.29, 0.717) is 6.42 Å². The maximum absolute atomic E-state index is 8.19. The van der Waals surface area contributed by atoms with Crippen molar-refractivity contribution >= 4 is 0 Å². The van der Waals surface area contributed by atoms with Crippen molar-refractivity contribution in [3.8, 4) is 6.07 Å². The van der Waals surface area contributed by atoms with E-state index in [-0.39, 0.29) is 0 Å². The van der Waals surface area contributed by atoms with Crippen LogP contribution in [0.25, 0.3) is 0 Å². The fourth-order valence-corrected chi connectivity index (χ4v) is 0.774. The summed E-state index contributed by atoms with van der Waals surface area (Å²) in [6.45, 7) is 2.03. The number of hydrogen-bond acceptors (Lipinski definition) is 1. The molecule has 11 heavy (non-hydrogen) atoms. The molecule has 1 nitrogen and oxygen atoms in total. The van der Waals surface area contributed by atoms with Crippen molar-refractivity contribution in [2.45, 2.75) is 32.6 Å². The summed E-state index contributed by atoms with van der Waals surface area (Å²) in [5.41, 5.74) is 0. The lowest BCUT2D eigenvalue weighted by Crippen LogP contribution is -1.68. The SMILES string of the molecule is CC=CCCCC=CCC#N. The van der Waals surface area contributed by atoms with Crippen LogP contribution in [0.1, 0.15) is 32.6 Å². The third kappa shape index (κ3) is 8.97. The highest BCUT2D eigenvalue weighted by molar-refractivity contribution is 4.90. The Morgan fingerprint density at radius 3 is 2.55 bits per heavy atom. The first-order chi connectivity index (χ1) is 5.41. The van der Waals surface area contributed by atoms with Crippen molar-refractivity contribution < 1.29 is 0 Å². The first kappa shape index (κ1) is 9.97. The van der Waals surface area contributed by atoms with E-state index in [1.807, 2.05) is 13.0 Å². The van der Waals surface area contributed by atoms with Crippen LogP contribution in [0.2, 0.25) is 0 Å². The molecule has 0 N–H and O–H groups in total. The first-order valence-corrected chi connectivity index (χ1v) is 4.05. The van der Waals surface area contributed by atoms with Crippen molar-refractivity contribution in [1.82, 2.24) is 0 Å². The van der Waals surface area contributed by atoms with Gasteiger partial charge in [0.15, 0.2) is 0 Å². The quantitative estimate of drug-likeness (QED) is 0.435. The van der Waals surface area contributed by atoms with E-state index in [1.54, 1.807) is 0 Å². The summed E-state index contributed by atoms with van der Waals surface area (Å²) in [6.07, 6.45) is 12.2. The monoisotopic (exact) mass is 149 g/mol. The second-order valence-corrected chi connectivity index (χ2v) is 2.33. The van der Waals surface area contributed by atoms with Gasteiger partial charge in [-0.1, -0.05) is 24.3 Å². The zero-order chi connectivity index (χ0) is 8.36. The number of hydrogen-bond donors (Lipinski definition) is 0. The van der Waals surface area contributed by atoms with Gasteiger partial charge in [0.1, 0.15) is 0 Å². The number of nitrogens with zero attached hydrogens (tertiary/aromatic N) is 1. The number of nitriles is 1. The molecule has 0 spiro atoms. The maximum Gasteiger partial charge on any atom is 0.0663 e. The van der Waals surface area contributed by atoms with Gasteiger partial charge in [0.25, 0.3) is 0 Å². The fraction of sp³-hybridized carbons (Fsp3) is 0.500. The highest BCUT2D eigenvalue weighted by Gasteiger charge is 1.78. The second-order valence-electron chi connectivity index (χ2n) is 2.33. The highest BCUT2D eigenvalue weighted by Crippen LogP contribution is 1.97. The Morgan fingerprint density at radius 2 is 1.91 bits per heavy atom. The summed E-state index contributed by atoms with van der Waals surface area (Å²) in [4.78, 5) is 0. The van der Waals surface area contributed by atoms with Crippen molar-refractivity contribution in [2.75, 3.05) is 0 Å². The van der Waals surface area contributed by atoms with E-state index in [0.717, 1.165) is 12.8 Å². The molecule has 0 fully saturated rings. The predicted molar refractivity (Wildman–Crippen MR) is 48.0 cm³/mol. The predicted octanol–water partition coefficient (Wildman–Crippen LogP) is 3.20. The molecular weight excluding hydrogens is 134 g/mol. The van der Waals surface area contributed by atoms with Crippen LogP contribution in [0.4, 0.5) is 0 Å². The molecule has 0 aromatic rings. The molecule has 0 unspecified atom stereocenters. The Bertz CT molecular complexity index is 160. The highest BCUT2D eigenvalue weighted by atomic mass is 14.2. The third-order valence-electron chi connectivity index (χ3n) is 1.35. The molecule has 0 aliphatic heterocycles. The van der Waals surface area contributed by atoms with Crippen molar-refractivity contribution in [1.29, 1.82) is 5.26 Å². The molecule has 0 bridgehead atoms.